The molecule has 0 aromatic carbocycles. The Labute approximate surface area is 93.0 Å². The molecule has 2 heterocycles. The van der Waals surface area contributed by atoms with E-state index in [-0.39, 0.29) is 0 Å². The fraction of sp³-hybridized carbons (Fsp3) is 0.273. The predicted octanol–water partition coefficient (Wildman–Crippen LogP) is 2.03. The Morgan fingerprint density at radius 3 is 2.69 bits per heavy atom. The summed E-state index contributed by atoms with van der Waals surface area (Å²) in [6, 6.07) is 3.55. The molecule has 5 nitrogen and oxygen atoms in total. The third-order valence-corrected chi connectivity index (χ3v) is 2.13. The first kappa shape index (κ1) is 10.8. The molecule has 2 aromatic rings. The van der Waals surface area contributed by atoms with Crippen molar-refractivity contribution >= 4 is 0 Å². The number of rotatable bonds is 4. The standard InChI is InChI=1S/C11H12N2O3/c1-14-11(15-2)9-3-5-12-10(13-9)8-4-6-16-7-8/h3-7,11H,1-2H3. The van der Waals surface area contributed by atoms with Crippen LogP contribution in [0.4, 0.5) is 0 Å². The highest BCUT2D eigenvalue weighted by Gasteiger charge is 2.12. The summed E-state index contributed by atoms with van der Waals surface area (Å²) in [5, 5.41) is 0. The molecule has 0 N–H and O–H groups in total. The number of aromatic nitrogens is 2. The highest BCUT2D eigenvalue weighted by molar-refractivity contribution is 5.52. The van der Waals surface area contributed by atoms with E-state index >= 15 is 0 Å². The van der Waals surface area contributed by atoms with Gasteiger partial charge in [0.1, 0.15) is 12.0 Å². The van der Waals surface area contributed by atoms with Crippen molar-refractivity contribution in [3.63, 3.8) is 0 Å². The van der Waals surface area contributed by atoms with Gasteiger partial charge in [-0.2, -0.15) is 0 Å². The Balaban J connectivity index is 2.33. The van der Waals surface area contributed by atoms with E-state index in [2.05, 4.69) is 9.97 Å². The molecule has 0 unspecified atom stereocenters. The molecule has 16 heavy (non-hydrogen) atoms. The maximum Gasteiger partial charge on any atom is 0.200 e. The molecular weight excluding hydrogens is 208 g/mol. The van der Waals surface area contributed by atoms with Crippen LogP contribution in [0.25, 0.3) is 11.4 Å². The quantitative estimate of drug-likeness (QED) is 0.738. The lowest BCUT2D eigenvalue weighted by Gasteiger charge is -2.12. The minimum absolute atomic E-state index is 0.478. The fourth-order valence-electron chi connectivity index (χ4n) is 1.37. The summed E-state index contributed by atoms with van der Waals surface area (Å²) in [4.78, 5) is 8.49. The van der Waals surface area contributed by atoms with Gasteiger partial charge in [-0.1, -0.05) is 0 Å². The minimum atomic E-state index is -0.478. The normalized spacial score (nSPS) is 10.9. The van der Waals surface area contributed by atoms with Crippen molar-refractivity contribution in [3.8, 4) is 11.4 Å². The van der Waals surface area contributed by atoms with Gasteiger partial charge in [-0.3, -0.25) is 0 Å². The summed E-state index contributed by atoms with van der Waals surface area (Å²) < 4.78 is 15.2. The number of hydrogen-bond donors (Lipinski definition) is 0. The zero-order chi connectivity index (χ0) is 11.4. The second-order valence-corrected chi connectivity index (χ2v) is 3.12. The monoisotopic (exact) mass is 220 g/mol. The summed E-state index contributed by atoms with van der Waals surface area (Å²) in [6.07, 6.45) is 4.35. The third-order valence-electron chi connectivity index (χ3n) is 2.13. The number of furan rings is 1. The molecule has 0 fully saturated rings. The summed E-state index contributed by atoms with van der Waals surface area (Å²) in [6.45, 7) is 0. The lowest BCUT2D eigenvalue weighted by molar-refractivity contribution is -0.108. The molecule has 0 radical (unpaired) electrons. The van der Waals surface area contributed by atoms with Crippen LogP contribution in [-0.4, -0.2) is 24.2 Å². The van der Waals surface area contributed by atoms with Gasteiger partial charge in [0, 0.05) is 20.4 Å². The minimum Gasteiger partial charge on any atom is -0.472 e. The van der Waals surface area contributed by atoms with Crippen LogP contribution in [0, 0.1) is 0 Å². The van der Waals surface area contributed by atoms with Gasteiger partial charge in [-0.05, 0) is 12.1 Å². The molecule has 0 aliphatic carbocycles. The fourth-order valence-corrected chi connectivity index (χ4v) is 1.37. The van der Waals surface area contributed by atoms with E-state index in [0.717, 1.165) is 5.56 Å². The molecule has 84 valence electrons. The second-order valence-electron chi connectivity index (χ2n) is 3.12. The number of methoxy groups -OCH3 is 2. The van der Waals surface area contributed by atoms with E-state index in [4.69, 9.17) is 13.9 Å². The average molecular weight is 220 g/mol. The molecule has 0 saturated heterocycles. The van der Waals surface area contributed by atoms with Crippen LogP contribution < -0.4 is 0 Å². The zero-order valence-corrected chi connectivity index (χ0v) is 9.08. The highest BCUT2D eigenvalue weighted by atomic mass is 16.7. The van der Waals surface area contributed by atoms with Gasteiger partial charge in [0.05, 0.1) is 11.8 Å². The van der Waals surface area contributed by atoms with E-state index in [0.29, 0.717) is 11.5 Å². The Hall–Kier alpha value is -1.72. The van der Waals surface area contributed by atoms with Gasteiger partial charge in [-0.15, -0.1) is 0 Å². The topological polar surface area (TPSA) is 57.4 Å². The van der Waals surface area contributed by atoms with Gasteiger partial charge in [0.25, 0.3) is 0 Å². The predicted molar refractivity (Wildman–Crippen MR) is 56.5 cm³/mol. The molecule has 5 heteroatoms. The molecular formula is C11H12N2O3. The molecule has 0 atom stereocenters. The van der Waals surface area contributed by atoms with Crippen molar-refractivity contribution in [1.29, 1.82) is 0 Å². The van der Waals surface area contributed by atoms with Crippen molar-refractivity contribution < 1.29 is 13.9 Å². The second kappa shape index (κ2) is 4.87. The molecule has 0 aliphatic rings. The first-order valence-corrected chi connectivity index (χ1v) is 4.76. The largest absolute Gasteiger partial charge is 0.472 e. The molecule has 2 rings (SSSR count). The van der Waals surface area contributed by atoms with E-state index in [1.807, 2.05) is 0 Å². The lowest BCUT2D eigenvalue weighted by Crippen LogP contribution is -2.07. The zero-order valence-electron chi connectivity index (χ0n) is 9.08. The number of nitrogens with zero attached hydrogens (tertiary/aromatic N) is 2. The van der Waals surface area contributed by atoms with E-state index < -0.39 is 6.29 Å². The van der Waals surface area contributed by atoms with Crippen LogP contribution in [-0.2, 0) is 9.47 Å². The van der Waals surface area contributed by atoms with Crippen LogP contribution in [0.5, 0.6) is 0 Å². The number of hydrogen-bond acceptors (Lipinski definition) is 5. The van der Waals surface area contributed by atoms with Crippen LogP contribution in [0.2, 0.25) is 0 Å². The average Bonchev–Trinajstić information content (AvgIpc) is 2.85. The van der Waals surface area contributed by atoms with Gasteiger partial charge in [0.2, 0.25) is 6.29 Å². The van der Waals surface area contributed by atoms with Crippen LogP contribution in [0.15, 0.2) is 35.3 Å². The molecule has 2 aromatic heterocycles. The van der Waals surface area contributed by atoms with E-state index in [1.54, 1.807) is 45.1 Å². The van der Waals surface area contributed by atoms with Crippen molar-refractivity contribution in [2.45, 2.75) is 6.29 Å². The first-order chi connectivity index (χ1) is 7.85. The maximum atomic E-state index is 5.12. The SMILES string of the molecule is COC(OC)c1ccnc(-c2ccoc2)n1. The first-order valence-electron chi connectivity index (χ1n) is 4.76. The molecule has 0 saturated carbocycles. The van der Waals surface area contributed by atoms with Crippen LogP contribution in [0.3, 0.4) is 0 Å². The lowest BCUT2D eigenvalue weighted by atomic mass is 10.3. The third kappa shape index (κ3) is 2.10. The van der Waals surface area contributed by atoms with Crippen molar-refractivity contribution in [2.75, 3.05) is 14.2 Å². The Morgan fingerprint density at radius 1 is 1.25 bits per heavy atom. The van der Waals surface area contributed by atoms with Crippen LogP contribution >= 0.6 is 0 Å². The smallest absolute Gasteiger partial charge is 0.200 e. The van der Waals surface area contributed by atoms with Crippen molar-refractivity contribution in [3.05, 3.63) is 36.5 Å². The van der Waals surface area contributed by atoms with Gasteiger partial charge in [0.15, 0.2) is 5.82 Å². The van der Waals surface area contributed by atoms with Crippen molar-refractivity contribution in [2.24, 2.45) is 0 Å². The van der Waals surface area contributed by atoms with Gasteiger partial charge >= 0.3 is 0 Å². The Kier molecular flexibility index (Phi) is 3.28. The Morgan fingerprint density at radius 2 is 2.06 bits per heavy atom. The maximum absolute atomic E-state index is 5.12. The molecule has 0 aliphatic heterocycles. The van der Waals surface area contributed by atoms with Gasteiger partial charge < -0.3 is 13.9 Å². The van der Waals surface area contributed by atoms with Gasteiger partial charge in [-0.25, -0.2) is 9.97 Å². The molecule has 0 spiro atoms. The van der Waals surface area contributed by atoms with E-state index in [1.165, 1.54) is 0 Å². The summed E-state index contributed by atoms with van der Waals surface area (Å²) >= 11 is 0. The summed E-state index contributed by atoms with van der Waals surface area (Å²) in [5.74, 6) is 0.588. The highest BCUT2D eigenvalue weighted by Crippen LogP contribution is 2.19. The van der Waals surface area contributed by atoms with Crippen molar-refractivity contribution in [1.82, 2.24) is 9.97 Å². The molecule has 0 amide bonds. The summed E-state index contributed by atoms with van der Waals surface area (Å²) in [5.41, 5.74) is 1.50. The summed E-state index contributed by atoms with van der Waals surface area (Å²) in [7, 11) is 3.13. The number of ether oxygens (including phenoxy) is 2. The van der Waals surface area contributed by atoms with Crippen LogP contribution in [0.1, 0.15) is 12.0 Å². The molecule has 0 bridgehead atoms. The van der Waals surface area contributed by atoms with E-state index in [9.17, 15) is 0 Å². The Bertz CT molecular complexity index is 438.